The Morgan fingerprint density at radius 1 is 1.33 bits per heavy atom. The van der Waals surface area contributed by atoms with Crippen LogP contribution in [0.5, 0.6) is 0 Å². The molecule has 0 aliphatic heterocycles. The van der Waals surface area contributed by atoms with Crippen LogP contribution >= 0.6 is 34.5 Å². The summed E-state index contributed by atoms with van der Waals surface area (Å²) in [5.74, 6) is -0.177. The Kier molecular flexibility index (Phi) is 4.41. The third-order valence-electron chi connectivity index (χ3n) is 2.04. The van der Waals surface area contributed by atoms with Gasteiger partial charge >= 0.3 is 0 Å². The van der Waals surface area contributed by atoms with E-state index in [0.717, 1.165) is 0 Å². The number of nitrogens with zero attached hydrogens (tertiary/aromatic N) is 1. The fourth-order valence-corrected chi connectivity index (χ4v) is 2.07. The lowest BCUT2D eigenvalue weighted by molar-refractivity contribution is -0.114. The van der Waals surface area contributed by atoms with Crippen molar-refractivity contribution in [1.82, 2.24) is 4.98 Å². The van der Waals surface area contributed by atoms with Gasteiger partial charge in [0, 0.05) is 17.3 Å². The average Bonchev–Trinajstić information content (AvgIpc) is 2.84. The zero-order valence-electron chi connectivity index (χ0n) is 9.11. The van der Waals surface area contributed by atoms with E-state index in [1.807, 2.05) is 5.38 Å². The highest BCUT2D eigenvalue weighted by atomic mass is 35.5. The summed E-state index contributed by atoms with van der Waals surface area (Å²) in [7, 11) is 0. The van der Waals surface area contributed by atoms with Crippen molar-refractivity contribution in [2.24, 2.45) is 0 Å². The topological polar surface area (TPSA) is 54.0 Å². The number of amides is 1. The van der Waals surface area contributed by atoms with Crippen LogP contribution in [0.15, 0.2) is 29.8 Å². The van der Waals surface area contributed by atoms with E-state index in [2.05, 4.69) is 15.6 Å². The van der Waals surface area contributed by atoms with Crippen molar-refractivity contribution in [3.63, 3.8) is 0 Å². The molecule has 7 heteroatoms. The largest absolute Gasteiger partial charge is 0.352 e. The molecule has 1 aromatic heterocycles. The molecule has 0 aliphatic rings. The van der Waals surface area contributed by atoms with E-state index >= 15 is 0 Å². The first-order chi connectivity index (χ1) is 8.65. The molecule has 4 nitrogen and oxygen atoms in total. The number of nitrogens with one attached hydrogen (secondary N) is 2. The number of halogens is 2. The minimum absolute atomic E-state index is 0.147. The van der Waals surface area contributed by atoms with E-state index in [0.29, 0.717) is 20.9 Å². The van der Waals surface area contributed by atoms with Gasteiger partial charge < -0.3 is 10.6 Å². The fourth-order valence-electron chi connectivity index (χ4n) is 1.25. The van der Waals surface area contributed by atoms with Gasteiger partial charge in [-0.25, -0.2) is 4.98 Å². The van der Waals surface area contributed by atoms with E-state index < -0.39 is 0 Å². The van der Waals surface area contributed by atoms with Gasteiger partial charge in [0.2, 0.25) is 5.91 Å². The number of carbonyl (C=O) groups excluding carboxylic acids is 1. The lowest BCUT2D eigenvalue weighted by atomic mass is 10.3. The quantitative estimate of drug-likeness (QED) is 0.909. The lowest BCUT2D eigenvalue weighted by Gasteiger charge is -2.06. The van der Waals surface area contributed by atoms with Gasteiger partial charge in [0.15, 0.2) is 5.13 Å². The Morgan fingerprint density at radius 2 is 2.17 bits per heavy atom. The van der Waals surface area contributed by atoms with Crippen molar-refractivity contribution >= 4 is 51.3 Å². The maximum Gasteiger partial charge on any atom is 0.243 e. The number of rotatable bonds is 4. The number of aromatic nitrogens is 1. The van der Waals surface area contributed by atoms with Gasteiger partial charge in [-0.2, -0.15) is 0 Å². The van der Waals surface area contributed by atoms with Crippen LogP contribution in [0.4, 0.5) is 10.8 Å². The SMILES string of the molecule is O=C(CNc1nccs1)Nc1ccc(Cl)c(Cl)c1. The predicted molar refractivity (Wildman–Crippen MR) is 75.7 cm³/mol. The molecule has 18 heavy (non-hydrogen) atoms. The third kappa shape index (κ3) is 3.60. The summed E-state index contributed by atoms with van der Waals surface area (Å²) in [6.45, 7) is 0.147. The fraction of sp³-hybridized carbons (Fsp3) is 0.0909. The van der Waals surface area contributed by atoms with E-state index in [1.165, 1.54) is 11.3 Å². The van der Waals surface area contributed by atoms with E-state index in [4.69, 9.17) is 23.2 Å². The molecule has 2 rings (SSSR count). The first-order valence-corrected chi connectivity index (χ1v) is 6.67. The van der Waals surface area contributed by atoms with Crippen LogP contribution in [-0.2, 0) is 4.79 Å². The van der Waals surface area contributed by atoms with Crippen molar-refractivity contribution in [2.45, 2.75) is 0 Å². The zero-order valence-corrected chi connectivity index (χ0v) is 11.4. The maximum absolute atomic E-state index is 11.6. The first-order valence-electron chi connectivity index (χ1n) is 5.03. The molecular formula is C11H9Cl2N3OS. The second-order valence-electron chi connectivity index (χ2n) is 3.37. The highest BCUT2D eigenvalue weighted by Gasteiger charge is 2.05. The van der Waals surface area contributed by atoms with E-state index in [1.54, 1.807) is 24.4 Å². The summed E-state index contributed by atoms with van der Waals surface area (Å²) in [4.78, 5) is 15.6. The molecule has 0 radical (unpaired) electrons. The highest BCUT2D eigenvalue weighted by Crippen LogP contribution is 2.24. The third-order valence-corrected chi connectivity index (χ3v) is 3.51. The number of hydrogen-bond acceptors (Lipinski definition) is 4. The number of benzene rings is 1. The summed E-state index contributed by atoms with van der Waals surface area (Å²) in [5.41, 5.74) is 0.607. The molecule has 0 spiro atoms. The minimum atomic E-state index is -0.177. The molecule has 0 atom stereocenters. The molecule has 2 N–H and O–H groups in total. The van der Waals surface area contributed by atoms with E-state index in [-0.39, 0.29) is 12.5 Å². The Bertz CT molecular complexity index is 545. The smallest absolute Gasteiger partial charge is 0.243 e. The van der Waals surface area contributed by atoms with Crippen LogP contribution in [0, 0.1) is 0 Å². The van der Waals surface area contributed by atoms with Gasteiger partial charge in [0.05, 0.1) is 16.6 Å². The number of anilines is 2. The number of hydrogen-bond donors (Lipinski definition) is 2. The normalized spacial score (nSPS) is 10.1. The van der Waals surface area contributed by atoms with Crippen molar-refractivity contribution < 1.29 is 4.79 Å². The molecule has 0 fully saturated rings. The molecule has 1 amide bonds. The Morgan fingerprint density at radius 3 is 2.83 bits per heavy atom. The van der Waals surface area contributed by atoms with E-state index in [9.17, 15) is 4.79 Å². The van der Waals surface area contributed by atoms with Crippen LogP contribution in [-0.4, -0.2) is 17.4 Å². The predicted octanol–water partition coefficient (Wildman–Crippen LogP) is 3.50. The van der Waals surface area contributed by atoms with Crippen molar-refractivity contribution in [3.05, 3.63) is 39.8 Å². The van der Waals surface area contributed by atoms with Gasteiger partial charge in [-0.15, -0.1) is 11.3 Å². The second kappa shape index (κ2) is 6.04. The first kappa shape index (κ1) is 13.1. The Hall–Kier alpha value is -1.30. The summed E-state index contributed by atoms with van der Waals surface area (Å²) < 4.78 is 0. The highest BCUT2D eigenvalue weighted by molar-refractivity contribution is 7.13. The molecule has 0 aliphatic carbocycles. The van der Waals surface area contributed by atoms with Crippen LogP contribution < -0.4 is 10.6 Å². The Labute approximate surface area is 118 Å². The average molecular weight is 302 g/mol. The van der Waals surface area contributed by atoms with Gasteiger partial charge in [-0.3, -0.25) is 4.79 Å². The van der Waals surface area contributed by atoms with Gasteiger partial charge in [-0.05, 0) is 18.2 Å². The lowest BCUT2D eigenvalue weighted by Crippen LogP contribution is -2.21. The molecule has 0 unspecified atom stereocenters. The molecule has 1 aromatic carbocycles. The Balaban J connectivity index is 1.88. The number of thiazole rings is 1. The molecule has 0 bridgehead atoms. The molecule has 0 saturated heterocycles. The van der Waals surface area contributed by atoms with Crippen LogP contribution in [0.3, 0.4) is 0 Å². The zero-order chi connectivity index (χ0) is 13.0. The summed E-state index contributed by atoms with van der Waals surface area (Å²) in [6.07, 6.45) is 1.67. The van der Waals surface area contributed by atoms with Crippen LogP contribution in [0.25, 0.3) is 0 Å². The van der Waals surface area contributed by atoms with Gasteiger partial charge in [0.1, 0.15) is 0 Å². The van der Waals surface area contributed by atoms with Crippen molar-refractivity contribution in [3.8, 4) is 0 Å². The molecule has 0 saturated carbocycles. The minimum Gasteiger partial charge on any atom is -0.352 e. The molecular weight excluding hydrogens is 293 g/mol. The van der Waals surface area contributed by atoms with Gasteiger partial charge in [-0.1, -0.05) is 23.2 Å². The molecule has 1 heterocycles. The summed E-state index contributed by atoms with van der Waals surface area (Å²) in [6, 6.07) is 4.93. The van der Waals surface area contributed by atoms with Crippen LogP contribution in [0.1, 0.15) is 0 Å². The summed E-state index contributed by atoms with van der Waals surface area (Å²) in [5, 5.41) is 9.01. The van der Waals surface area contributed by atoms with Crippen molar-refractivity contribution in [2.75, 3.05) is 17.2 Å². The molecule has 2 aromatic rings. The summed E-state index contributed by atoms with van der Waals surface area (Å²) >= 11 is 13.1. The number of carbonyl (C=O) groups is 1. The monoisotopic (exact) mass is 301 g/mol. The maximum atomic E-state index is 11.6. The second-order valence-corrected chi connectivity index (χ2v) is 5.08. The van der Waals surface area contributed by atoms with Crippen LogP contribution in [0.2, 0.25) is 10.0 Å². The molecule has 94 valence electrons. The standard InChI is InChI=1S/C11H9Cl2N3OS/c12-8-2-1-7(5-9(8)13)16-10(17)6-15-11-14-3-4-18-11/h1-5H,6H2,(H,14,15)(H,16,17). The van der Waals surface area contributed by atoms with Crippen molar-refractivity contribution in [1.29, 1.82) is 0 Å². The van der Waals surface area contributed by atoms with Gasteiger partial charge in [0.25, 0.3) is 0 Å².